The van der Waals surface area contributed by atoms with Gasteiger partial charge < -0.3 is 10.4 Å². The summed E-state index contributed by atoms with van der Waals surface area (Å²) in [6, 6.07) is 8.27. The van der Waals surface area contributed by atoms with Crippen molar-refractivity contribution in [1.29, 1.82) is 0 Å². The van der Waals surface area contributed by atoms with Crippen molar-refractivity contribution in [3.8, 4) is 0 Å². The number of para-hydroxylation sites is 1. The molecule has 22 heavy (non-hydrogen) atoms. The summed E-state index contributed by atoms with van der Waals surface area (Å²) in [5, 5.41) is 11.7. The van der Waals surface area contributed by atoms with Gasteiger partial charge in [0.05, 0.1) is 5.52 Å². The van der Waals surface area contributed by atoms with Gasteiger partial charge in [-0.05, 0) is 12.1 Å². The topological polar surface area (TPSA) is 134 Å². The summed E-state index contributed by atoms with van der Waals surface area (Å²) in [5.74, 6) is -3.55. The number of carboxylic acids is 1. The van der Waals surface area contributed by atoms with Crippen LogP contribution in [0.3, 0.4) is 0 Å². The summed E-state index contributed by atoms with van der Waals surface area (Å²) in [6.07, 6.45) is 0. The number of nitrogens with one attached hydrogen (secondary N) is 1. The van der Waals surface area contributed by atoms with Crippen LogP contribution < -0.4 is 5.32 Å². The lowest BCUT2D eigenvalue weighted by Crippen LogP contribution is -2.45. The number of pyridine rings is 1. The van der Waals surface area contributed by atoms with E-state index in [1.54, 1.807) is 30.3 Å². The number of hydrogen-bond acceptors (Lipinski definition) is 5. The number of benzene rings is 1. The van der Waals surface area contributed by atoms with Crippen molar-refractivity contribution in [2.24, 2.45) is 0 Å². The molecule has 116 valence electrons. The van der Waals surface area contributed by atoms with Gasteiger partial charge in [-0.25, -0.2) is 9.78 Å². The molecule has 1 amide bonds. The van der Waals surface area contributed by atoms with Gasteiger partial charge in [0, 0.05) is 5.39 Å². The third-order valence-corrected chi connectivity index (χ3v) is 3.57. The van der Waals surface area contributed by atoms with Gasteiger partial charge in [-0.3, -0.25) is 9.35 Å². The highest BCUT2D eigenvalue weighted by atomic mass is 32.2. The summed E-state index contributed by atoms with van der Waals surface area (Å²) in [4.78, 5) is 27.0. The summed E-state index contributed by atoms with van der Waals surface area (Å²) in [7, 11) is -4.55. The van der Waals surface area contributed by atoms with Crippen LogP contribution in [0.4, 0.5) is 0 Å². The first-order valence-electron chi connectivity index (χ1n) is 6.11. The van der Waals surface area contributed by atoms with E-state index in [2.05, 4.69) is 4.98 Å². The molecule has 0 saturated carbocycles. The fourth-order valence-corrected chi connectivity index (χ4v) is 2.46. The Morgan fingerprint density at radius 2 is 1.86 bits per heavy atom. The molecule has 2 aromatic rings. The number of aliphatic carboxylic acids is 1. The van der Waals surface area contributed by atoms with Crippen LogP contribution in [-0.4, -0.2) is 46.7 Å². The lowest BCUT2D eigenvalue weighted by molar-refractivity contribution is -0.138. The molecule has 9 heteroatoms. The van der Waals surface area contributed by atoms with E-state index in [-0.39, 0.29) is 5.69 Å². The van der Waals surface area contributed by atoms with E-state index in [4.69, 9.17) is 9.66 Å². The number of hydrogen-bond donors (Lipinski definition) is 3. The number of carboxylic acid groups (broad SMARTS) is 1. The van der Waals surface area contributed by atoms with Crippen LogP contribution in [0.2, 0.25) is 0 Å². The van der Waals surface area contributed by atoms with Crippen molar-refractivity contribution in [3.05, 3.63) is 42.1 Å². The van der Waals surface area contributed by atoms with E-state index in [9.17, 15) is 18.0 Å². The number of aromatic nitrogens is 1. The predicted molar refractivity (Wildman–Crippen MR) is 77.0 cm³/mol. The molecule has 0 aliphatic heterocycles. The quantitative estimate of drug-likeness (QED) is 0.674. The Labute approximate surface area is 125 Å². The molecule has 0 aliphatic rings. The zero-order valence-corrected chi connectivity index (χ0v) is 11.9. The van der Waals surface area contributed by atoms with Crippen LogP contribution in [0.15, 0.2) is 36.4 Å². The standard InChI is InChI=1S/C13H12N2O6S/c16-12(15-11(13(17)18)7-22(19,20)21)10-6-5-8-3-1-2-4-9(8)14-10/h1-6,11H,7H2,(H,15,16)(H,17,18)(H,19,20,21)/t11-/m0/s1. The zero-order valence-electron chi connectivity index (χ0n) is 11.1. The first-order chi connectivity index (χ1) is 10.3. The third kappa shape index (κ3) is 3.99. The van der Waals surface area contributed by atoms with Gasteiger partial charge in [-0.15, -0.1) is 0 Å². The second-order valence-electron chi connectivity index (χ2n) is 4.50. The van der Waals surface area contributed by atoms with Gasteiger partial charge >= 0.3 is 5.97 Å². The molecule has 1 heterocycles. The summed E-state index contributed by atoms with van der Waals surface area (Å²) < 4.78 is 30.2. The molecule has 3 N–H and O–H groups in total. The number of amides is 1. The molecule has 0 fully saturated rings. The van der Waals surface area contributed by atoms with E-state index in [1.807, 2.05) is 5.32 Å². The number of rotatable bonds is 5. The molecule has 0 aliphatic carbocycles. The van der Waals surface area contributed by atoms with E-state index in [0.717, 1.165) is 5.39 Å². The normalized spacial score (nSPS) is 12.8. The lowest BCUT2D eigenvalue weighted by Gasteiger charge is -2.12. The Balaban J connectivity index is 2.23. The molecule has 0 bridgehead atoms. The Hall–Kier alpha value is -2.52. The van der Waals surface area contributed by atoms with Crippen molar-refractivity contribution in [1.82, 2.24) is 10.3 Å². The first kappa shape index (κ1) is 15.9. The largest absolute Gasteiger partial charge is 0.480 e. The fraction of sp³-hybridized carbons (Fsp3) is 0.154. The van der Waals surface area contributed by atoms with Crippen molar-refractivity contribution < 1.29 is 27.7 Å². The summed E-state index contributed by atoms with van der Waals surface area (Å²) >= 11 is 0. The Kier molecular flexibility index (Phi) is 4.38. The third-order valence-electron chi connectivity index (χ3n) is 2.81. The minimum atomic E-state index is -4.55. The van der Waals surface area contributed by atoms with Crippen molar-refractivity contribution in [2.45, 2.75) is 6.04 Å². The molecular weight excluding hydrogens is 312 g/mol. The van der Waals surface area contributed by atoms with Gasteiger partial charge in [-0.2, -0.15) is 8.42 Å². The second kappa shape index (κ2) is 6.08. The van der Waals surface area contributed by atoms with Crippen molar-refractivity contribution >= 4 is 32.9 Å². The second-order valence-corrected chi connectivity index (χ2v) is 6.00. The summed E-state index contributed by atoms with van der Waals surface area (Å²) in [5.41, 5.74) is 0.483. The maximum atomic E-state index is 12.0. The van der Waals surface area contributed by atoms with Crippen LogP contribution in [-0.2, 0) is 14.9 Å². The molecular formula is C13H12N2O6S. The molecule has 1 aromatic carbocycles. The lowest BCUT2D eigenvalue weighted by atomic mass is 10.2. The molecule has 8 nitrogen and oxygen atoms in total. The predicted octanol–water partition coefficient (Wildman–Crippen LogP) is 0.306. The Bertz CT molecular complexity index is 833. The maximum Gasteiger partial charge on any atom is 0.327 e. The highest BCUT2D eigenvalue weighted by Crippen LogP contribution is 2.11. The van der Waals surface area contributed by atoms with E-state index in [0.29, 0.717) is 5.52 Å². The monoisotopic (exact) mass is 324 g/mol. The number of carbonyl (C=O) groups excluding carboxylic acids is 1. The van der Waals surface area contributed by atoms with Gasteiger partial charge in [0.2, 0.25) is 0 Å². The van der Waals surface area contributed by atoms with Gasteiger partial charge in [0.1, 0.15) is 17.5 Å². The van der Waals surface area contributed by atoms with Crippen LogP contribution >= 0.6 is 0 Å². The fourth-order valence-electron chi connectivity index (χ4n) is 1.81. The average molecular weight is 324 g/mol. The first-order valence-corrected chi connectivity index (χ1v) is 7.72. The molecule has 1 atom stereocenters. The molecule has 0 radical (unpaired) electrons. The number of fused-ring (bicyclic) bond motifs is 1. The maximum absolute atomic E-state index is 12.0. The smallest absolute Gasteiger partial charge is 0.327 e. The molecule has 2 rings (SSSR count). The Morgan fingerprint density at radius 1 is 1.18 bits per heavy atom. The van der Waals surface area contributed by atoms with Crippen LogP contribution in [0.25, 0.3) is 10.9 Å². The van der Waals surface area contributed by atoms with Crippen molar-refractivity contribution in [3.63, 3.8) is 0 Å². The zero-order chi connectivity index (χ0) is 16.3. The Morgan fingerprint density at radius 3 is 2.50 bits per heavy atom. The SMILES string of the molecule is O=C(N[C@@H](CS(=O)(=O)O)C(=O)O)c1ccc2ccccc2n1. The molecule has 0 saturated heterocycles. The molecule has 0 spiro atoms. The van der Waals surface area contributed by atoms with Gasteiger partial charge in [0.25, 0.3) is 16.0 Å². The van der Waals surface area contributed by atoms with E-state index >= 15 is 0 Å². The van der Waals surface area contributed by atoms with Gasteiger partial charge in [-0.1, -0.05) is 24.3 Å². The van der Waals surface area contributed by atoms with Crippen LogP contribution in [0, 0.1) is 0 Å². The highest BCUT2D eigenvalue weighted by molar-refractivity contribution is 7.85. The number of nitrogens with zero attached hydrogens (tertiary/aromatic N) is 1. The highest BCUT2D eigenvalue weighted by Gasteiger charge is 2.26. The van der Waals surface area contributed by atoms with Crippen molar-refractivity contribution in [2.75, 3.05) is 5.75 Å². The average Bonchev–Trinajstić information content (AvgIpc) is 2.44. The number of carbonyl (C=O) groups is 2. The minimum Gasteiger partial charge on any atom is -0.480 e. The van der Waals surface area contributed by atoms with Crippen LogP contribution in [0.5, 0.6) is 0 Å². The van der Waals surface area contributed by atoms with E-state index < -0.39 is 33.8 Å². The van der Waals surface area contributed by atoms with Gasteiger partial charge in [0.15, 0.2) is 0 Å². The minimum absolute atomic E-state index is 0.0553. The molecule has 1 aromatic heterocycles. The van der Waals surface area contributed by atoms with E-state index in [1.165, 1.54) is 6.07 Å². The summed E-state index contributed by atoms with van der Waals surface area (Å²) in [6.45, 7) is 0. The molecule has 0 unspecified atom stereocenters. The van der Waals surface area contributed by atoms with Crippen LogP contribution in [0.1, 0.15) is 10.5 Å².